The van der Waals surface area contributed by atoms with Gasteiger partial charge in [0.1, 0.15) is 11.2 Å². The molecule has 1 saturated carbocycles. The van der Waals surface area contributed by atoms with Crippen molar-refractivity contribution in [3.63, 3.8) is 0 Å². The molecule has 6 atom stereocenters. The number of hydrogen-bond donors (Lipinski definition) is 7. The number of aromatic amines is 1. The van der Waals surface area contributed by atoms with Gasteiger partial charge < -0.3 is 35.2 Å². The van der Waals surface area contributed by atoms with Gasteiger partial charge in [-0.3, -0.25) is 18.9 Å². The highest BCUT2D eigenvalue weighted by Crippen LogP contribution is 2.71. The smallest absolute Gasteiger partial charge is 0.382 e. The zero-order valence-corrected chi connectivity index (χ0v) is 19.5. The van der Waals surface area contributed by atoms with Gasteiger partial charge in [-0.05, 0) is 0 Å². The molecule has 18 nitrogen and oxygen atoms in total. The molecular weight excluding hydrogens is 546 g/mol. The number of phosphoric ester groups is 1. The Morgan fingerprint density at radius 2 is 1.97 bits per heavy atom. The van der Waals surface area contributed by atoms with Crippen molar-refractivity contribution < 1.29 is 60.6 Å². The first-order valence-electron chi connectivity index (χ1n) is 8.95. The van der Waals surface area contributed by atoms with Gasteiger partial charge in [-0.25, -0.2) is 23.1 Å². The Morgan fingerprint density at radius 1 is 1.31 bits per heavy atom. The van der Waals surface area contributed by atoms with Crippen molar-refractivity contribution in [3.8, 4) is 12.3 Å². The summed E-state index contributed by atoms with van der Waals surface area (Å²) in [5, 5.41) is 10.9. The van der Waals surface area contributed by atoms with Crippen LogP contribution in [0.4, 0.5) is 10.3 Å². The number of nitrogen functional groups attached to an aromatic ring is 1. The Balaban J connectivity index is 1.61. The van der Waals surface area contributed by atoms with Crippen LogP contribution in [0.2, 0.25) is 0 Å². The van der Waals surface area contributed by atoms with Crippen LogP contribution in [0.15, 0.2) is 11.1 Å². The summed E-state index contributed by atoms with van der Waals surface area (Å²) in [5.41, 5.74) is -3.53. The first kappa shape index (κ1) is 26.0. The average Bonchev–Trinajstić information content (AvgIpc) is 2.98. The largest absolute Gasteiger partial charge is 0.490 e. The molecule has 4 rings (SSSR count). The molecule has 1 saturated heterocycles. The summed E-state index contributed by atoms with van der Waals surface area (Å²) >= 11 is 0. The average molecular weight is 561 g/mol. The van der Waals surface area contributed by atoms with Gasteiger partial charge in [0, 0.05) is 6.42 Å². The molecule has 3 heterocycles. The Labute approximate surface area is 192 Å². The van der Waals surface area contributed by atoms with E-state index in [0.717, 1.165) is 10.9 Å². The molecule has 0 aromatic carbocycles. The summed E-state index contributed by atoms with van der Waals surface area (Å²) in [4.78, 5) is 57.8. The van der Waals surface area contributed by atoms with E-state index >= 15 is 4.39 Å². The molecule has 1 aliphatic heterocycles. The molecule has 2 aliphatic rings. The molecular formula is C13H15FN5O13P3. The number of aromatic nitrogens is 4. The number of hydrogen-bond acceptors (Lipinski definition) is 12. The van der Waals surface area contributed by atoms with Crippen molar-refractivity contribution in [2.75, 3.05) is 12.3 Å². The molecule has 2 fully saturated rings. The lowest BCUT2D eigenvalue weighted by atomic mass is 9.95. The van der Waals surface area contributed by atoms with E-state index in [4.69, 9.17) is 26.7 Å². The third-order valence-corrected chi connectivity index (χ3v) is 9.02. The number of anilines is 1. The number of nitrogens with one attached hydrogen (secondary N) is 1. The number of fused-ring (bicyclic) bond motifs is 2. The van der Waals surface area contributed by atoms with Crippen LogP contribution in [0, 0.1) is 12.3 Å². The molecule has 35 heavy (non-hydrogen) atoms. The summed E-state index contributed by atoms with van der Waals surface area (Å²) in [7, 11) is -17.1. The van der Waals surface area contributed by atoms with E-state index in [1.54, 1.807) is 5.92 Å². The monoisotopic (exact) mass is 561 g/mol. The number of phosphoric acid groups is 3. The second-order valence-corrected chi connectivity index (χ2v) is 11.9. The summed E-state index contributed by atoms with van der Waals surface area (Å²) < 4.78 is 68.2. The molecule has 22 heteroatoms. The summed E-state index contributed by atoms with van der Waals surface area (Å²) in [5.74, 6) is 1.38. The van der Waals surface area contributed by atoms with Crippen LogP contribution in [0.1, 0.15) is 12.6 Å². The SMILES string of the molecule is C#C[C@]1(F)[C@H](n2cnc3c(=O)[nH]c(N)nc32)O[C@@]2(COP(=O)(O)OP(=O)(O)OP(=O)(O)O)C[C@@]21O. The quantitative estimate of drug-likeness (QED) is 0.147. The molecule has 0 radical (unpaired) electrons. The highest BCUT2D eigenvalue weighted by Gasteiger charge is 2.87. The number of alkyl halides is 1. The number of rotatable bonds is 8. The number of imidazole rings is 1. The Morgan fingerprint density at radius 3 is 2.57 bits per heavy atom. The van der Waals surface area contributed by atoms with Crippen molar-refractivity contribution in [1.29, 1.82) is 0 Å². The van der Waals surface area contributed by atoms with Crippen LogP contribution in [0.5, 0.6) is 0 Å². The fraction of sp³-hybridized carbons (Fsp3) is 0.462. The number of ether oxygens (including phenoxy) is 1. The minimum Gasteiger partial charge on any atom is -0.382 e. The maximum atomic E-state index is 15.9. The lowest BCUT2D eigenvalue weighted by Crippen LogP contribution is -2.44. The highest BCUT2D eigenvalue weighted by molar-refractivity contribution is 7.66. The highest BCUT2D eigenvalue weighted by atomic mass is 31.3. The van der Waals surface area contributed by atoms with Crippen LogP contribution >= 0.6 is 23.5 Å². The number of nitrogens with two attached hydrogens (primary N) is 1. The Hall–Kier alpha value is -2.03. The maximum Gasteiger partial charge on any atom is 0.490 e. The van der Waals surface area contributed by atoms with E-state index in [1.165, 1.54) is 0 Å². The fourth-order valence-corrected chi connectivity index (χ4v) is 6.78. The lowest BCUT2D eigenvalue weighted by molar-refractivity contribution is -0.0890. The van der Waals surface area contributed by atoms with Gasteiger partial charge in [0.2, 0.25) is 11.6 Å². The number of terminal acetylenes is 1. The van der Waals surface area contributed by atoms with E-state index in [2.05, 4.69) is 28.1 Å². The molecule has 2 aromatic rings. The fourth-order valence-electron chi connectivity index (χ4n) is 3.71. The van der Waals surface area contributed by atoms with Crippen LogP contribution < -0.4 is 11.3 Å². The maximum absolute atomic E-state index is 15.9. The first-order valence-corrected chi connectivity index (χ1v) is 13.5. The molecule has 1 aliphatic carbocycles. The van der Waals surface area contributed by atoms with Crippen molar-refractivity contribution in [3.05, 3.63) is 16.7 Å². The summed E-state index contributed by atoms with van der Waals surface area (Å²) in [6.45, 7) is -1.17. The lowest BCUT2D eigenvalue weighted by Gasteiger charge is -2.27. The van der Waals surface area contributed by atoms with Crippen LogP contribution in [-0.2, 0) is 31.6 Å². The molecule has 192 valence electrons. The zero-order chi connectivity index (χ0) is 26.2. The van der Waals surface area contributed by atoms with Gasteiger partial charge in [-0.1, -0.05) is 5.92 Å². The van der Waals surface area contributed by atoms with Gasteiger partial charge in [-0.15, -0.1) is 6.42 Å². The predicted molar refractivity (Wildman–Crippen MR) is 107 cm³/mol. The van der Waals surface area contributed by atoms with Gasteiger partial charge >= 0.3 is 23.5 Å². The number of H-pyrrole nitrogens is 1. The molecule has 8 N–H and O–H groups in total. The third-order valence-electron chi connectivity index (χ3n) is 5.24. The minimum absolute atomic E-state index is 0.276. The second-order valence-electron chi connectivity index (χ2n) is 7.50. The van der Waals surface area contributed by atoms with E-state index in [1.807, 2.05) is 0 Å². The van der Waals surface area contributed by atoms with Gasteiger partial charge in [0.15, 0.2) is 17.4 Å². The van der Waals surface area contributed by atoms with E-state index in [9.17, 15) is 33.4 Å². The van der Waals surface area contributed by atoms with E-state index in [-0.39, 0.29) is 17.1 Å². The van der Waals surface area contributed by atoms with Gasteiger partial charge in [0.05, 0.1) is 12.9 Å². The minimum atomic E-state index is -5.82. The molecule has 0 spiro atoms. The van der Waals surface area contributed by atoms with Crippen LogP contribution in [-0.4, -0.2) is 67.7 Å². The number of aliphatic hydroxyl groups is 1. The third kappa shape index (κ3) is 4.27. The summed E-state index contributed by atoms with van der Waals surface area (Å²) in [6.07, 6.45) is 3.74. The first-order chi connectivity index (χ1) is 15.9. The van der Waals surface area contributed by atoms with E-state index < -0.39 is 65.2 Å². The normalized spacial score (nSPS) is 33.6. The topological polar surface area (TPSA) is 279 Å². The van der Waals surface area contributed by atoms with Gasteiger partial charge in [0.25, 0.3) is 5.56 Å². The van der Waals surface area contributed by atoms with E-state index in [0.29, 0.717) is 0 Å². The summed E-state index contributed by atoms with van der Waals surface area (Å²) in [6, 6.07) is 0. The number of nitrogens with zero attached hydrogens (tertiary/aromatic N) is 3. The van der Waals surface area contributed by atoms with Crippen LogP contribution in [0.3, 0.4) is 0 Å². The van der Waals surface area contributed by atoms with Crippen molar-refractivity contribution >= 4 is 40.6 Å². The van der Waals surface area contributed by atoms with Crippen molar-refractivity contribution in [2.45, 2.75) is 29.5 Å². The molecule has 0 amide bonds. The molecule has 0 bridgehead atoms. The number of halogens is 1. The van der Waals surface area contributed by atoms with Crippen LogP contribution in [0.25, 0.3) is 11.2 Å². The standard InChI is InChI=1S/C13H15FN5O13P3/c1-2-12(14)9(19-5-16-6-7(19)17-10(15)18-8(6)20)30-11(3-13(11,12)21)4-29-34(25,26)32-35(27,28)31-33(22,23)24/h1,5,9,21H,3-4H2,(H,25,26)(H,27,28)(H2,22,23,24)(H3,15,17,18,20)/t9-,11-,12+,13-/m1/s1. The Bertz CT molecular complexity index is 1470. The molecule has 2 unspecified atom stereocenters. The predicted octanol–water partition coefficient (Wildman–Crippen LogP) is -1.21. The van der Waals surface area contributed by atoms with Crippen molar-refractivity contribution in [1.82, 2.24) is 19.5 Å². The zero-order valence-electron chi connectivity index (χ0n) is 16.8. The van der Waals surface area contributed by atoms with Crippen molar-refractivity contribution in [2.24, 2.45) is 0 Å². The molecule has 2 aromatic heterocycles. The van der Waals surface area contributed by atoms with Gasteiger partial charge in [-0.2, -0.15) is 13.6 Å². The second kappa shape index (κ2) is 7.73. The Kier molecular flexibility index (Phi) is 5.75.